The van der Waals surface area contributed by atoms with Crippen molar-refractivity contribution in [2.75, 3.05) is 19.8 Å². The van der Waals surface area contributed by atoms with Crippen molar-refractivity contribution >= 4 is 0 Å². The van der Waals surface area contributed by atoms with Gasteiger partial charge in [-0.1, -0.05) is 0 Å². The van der Waals surface area contributed by atoms with E-state index < -0.39 is 111 Å². The summed E-state index contributed by atoms with van der Waals surface area (Å²) in [5.74, 6) is -2.14. The smallest absolute Gasteiger partial charge is 0.195 e. The SMILES string of the molecule is CC1(O[C@H]2[C@H](O)[C@@H](O)C(O[C@H]3[C@H](O)[C@@H](O)[C@@H](O)O[C@@H]3CO)O[C@@H]2CO)O[C@H](CO)[C@@H](O)[C@H](O)[C@H]1O. The largest absolute Gasteiger partial charge is 0.394 e. The molecular weight excluding hydrogens is 484 g/mol. The van der Waals surface area contributed by atoms with Gasteiger partial charge in [0.2, 0.25) is 0 Å². The first-order chi connectivity index (χ1) is 16.4. The van der Waals surface area contributed by atoms with Crippen LogP contribution in [0.15, 0.2) is 0 Å². The van der Waals surface area contributed by atoms with Crippen molar-refractivity contribution in [2.24, 2.45) is 0 Å². The molecule has 3 aliphatic heterocycles. The van der Waals surface area contributed by atoms with E-state index in [1.807, 2.05) is 0 Å². The van der Waals surface area contributed by atoms with Gasteiger partial charge in [0.05, 0.1) is 19.8 Å². The number of ether oxygens (including phenoxy) is 5. The second-order valence-electron chi connectivity index (χ2n) is 8.90. The molecule has 0 aromatic carbocycles. The zero-order chi connectivity index (χ0) is 26.2. The first-order valence-corrected chi connectivity index (χ1v) is 11.0. The van der Waals surface area contributed by atoms with E-state index in [0.29, 0.717) is 0 Å². The summed E-state index contributed by atoms with van der Waals surface area (Å²) in [6.07, 6.45) is -23.7. The van der Waals surface area contributed by atoms with Crippen LogP contribution in [0.5, 0.6) is 0 Å². The van der Waals surface area contributed by atoms with Crippen LogP contribution in [-0.2, 0) is 23.7 Å². The Bertz CT molecular complexity index is 679. The molecule has 35 heavy (non-hydrogen) atoms. The quantitative estimate of drug-likeness (QED) is 0.149. The summed E-state index contributed by atoms with van der Waals surface area (Å²) in [4.78, 5) is 0. The third-order valence-corrected chi connectivity index (χ3v) is 6.48. The number of aliphatic hydroxyl groups is 11. The van der Waals surface area contributed by atoms with Gasteiger partial charge in [-0.05, 0) is 6.92 Å². The van der Waals surface area contributed by atoms with Gasteiger partial charge in [-0.3, -0.25) is 0 Å². The van der Waals surface area contributed by atoms with Crippen LogP contribution < -0.4 is 0 Å². The second-order valence-corrected chi connectivity index (χ2v) is 8.90. The molecule has 0 saturated carbocycles. The third-order valence-electron chi connectivity index (χ3n) is 6.48. The molecule has 3 saturated heterocycles. The van der Waals surface area contributed by atoms with Crippen molar-refractivity contribution in [1.82, 2.24) is 0 Å². The van der Waals surface area contributed by atoms with E-state index in [1.165, 1.54) is 0 Å². The van der Waals surface area contributed by atoms with E-state index in [2.05, 4.69) is 0 Å². The molecule has 2 unspecified atom stereocenters. The summed E-state index contributed by atoms with van der Waals surface area (Å²) in [5, 5.41) is 110. The van der Waals surface area contributed by atoms with Gasteiger partial charge in [-0.25, -0.2) is 0 Å². The van der Waals surface area contributed by atoms with Gasteiger partial charge < -0.3 is 79.9 Å². The van der Waals surface area contributed by atoms with Crippen LogP contribution in [0.2, 0.25) is 0 Å². The Hall–Kier alpha value is -0.640. The minimum atomic E-state index is -2.14. The normalized spacial score (nSPS) is 53.5. The van der Waals surface area contributed by atoms with E-state index in [4.69, 9.17) is 23.7 Å². The molecule has 0 aromatic heterocycles. The number of hydrogen-bond acceptors (Lipinski definition) is 16. The summed E-state index contributed by atoms with van der Waals surface area (Å²) in [5.41, 5.74) is 0. The molecule has 3 heterocycles. The zero-order valence-electron chi connectivity index (χ0n) is 18.7. The highest BCUT2D eigenvalue weighted by Gasteiger charge is 2.57. The highest BCUT2D eigenvalue weighted by molar-refractivity contribution is 4.99. The Morgan fingerprint density at radius 1 is 0.629 bits per heavy atom. The van der Waals surface area contributed by atoms with Crippen LogP contribution in [0.3, 0.4) is 0 Å². The lowest BCUT2D eigenvalue weighted by atomic mass is 9.92. The monoisotopic (exact) mass is 518 g/mol. The Morgan fingerprint density at radius 3 is 1.74 bits per heavy atom. The van der Waals surface area contributed by atoms with E-state index in [9.17, 15) is 56.2 Å². The summed E-state index contributed by atoms with van der Waals surface area (Å²) >= 11 is 0. The van der Waals surface area contributed by atoms with Crippen molar-refractivity contribution in [3.05, 3.63) is 0 Å². The number of hydrogen-bond donors (Lipinski definition) is 11. The molecular formula is C19H34O16. The van der Waals surface area contributed by atoms with Crippen LogP contribution in [0.1, 0.15) is 6.92 Å². The molecule has 0 aliphatic carbocycles. The van der Waals surface area contributed by atoms with Gasteiger partial charge in [0.25, 0.3) is 0 Å². The highest BCUT2D eigenvalue weighted by Crippen LogP contribution is 2.36. The van der Waals surface area contributed by atoms with Crippen molar-refractivity contribution < 1.29 is 79.9 Å². The molecule has 0 bridgehead atoms. The lowest BCUT2D eigenvalue weighted by Gasteiger charge is -2.51. The number of rotatable bonds is 7. The molecule has 0 radical (unpaired) electrons. The lowest BCUT2D eigenvalue weighted by Crippen LogP contribution is -2.69. The van der Waals surface area contributed by atoms with E-state index >= 15 is 0 Å². The zero-order valence-corrected chi connectivity index (χ0v) is 18.7. The Kier molecular flexibility index (Phi) is 9.42. The summed E-state index contributed by atoms with van der Waals surface area (Å²) in [6.45, 7) is -1.21. The maximum Gasteiger partial charge on any atom is 0.195 e. The van der Waals surface area contributed by atoms with Crippen LogP contribution in [0, 0.1) is 0 Å². The van der Waals surface area contributed by atoms with E-state index in [-0.39, 0.29) is 0 Å². The fourth-order valence-electron chi connectivity index (χ4n) is 4.37. The molecule has 16 nitrogen and oxygen atoms in total. The van der Waals surface area contributed by atoms with Crippen LogP contribution in [-0.4, -0.2) is 168 Å². The van der Waals surface area contributed by atoms with Gasteiger partial charge in [-0.15, -0.1) is 0 Å². The van der Waals surface area contributed by atoms with Gasteiger partial charge >= 0.3 is 0 Å². The minimum absolute atomic E-state index is 0.756. The molecule has 16 heteroatoms. The molecule has 3 fully saturated rings. The minimum Gasteiger partial charge on any atom is -0.394 e. The van der Waals surface area contributed by atoms with Crippen molar-refractivity contribution in [2.45, 2.75) is 98.5 Å². The van der Waals surface area contributed by atoms with Crippen molar-refractivity contribution in [3.8, 4) is 0 Å². The first-order valence-electron chi connectivity index (χ1n) is 11.0. The third kappa shape index (κ3) is 5.48. The predicted molar refractivity (Wildman–Crippen MR) is 106 cm³/mol. The van der Waals surface area contributed by atoms with Crippen molar-refractivity contribution in [3.63, 3.8) is 0 Å². The molecule has 11 N–H and O–H groups in total. The molecule has 0 amide bonds. The van der Waals surface area contributed by atoms with Crippen LogP contribution in [0.4, 0.5) is 0 Å². The average Bonchev–Trinajstić information content (AvgIpc) is 2.84. The Morgan fingerprint density at radius 2 is 1.17 bits per heavy atom. The topological polar surface area (TPSA) is 269 Å². The van der Waals surface area contributed by atoms with E-state index in [1.54, 1.807) is 0 Å². The van der Waals surface area contributed by atoms with Gasteiger partial charge in [0.1, 0.15) is 73.2 Å². The van der Waals surface area contributed by atoms with Gasteiger partial charge in [0, 0.05) is 0 Å². The Balaban J connectivity index is 1.76. The molecule has 0 aromatic rings. The van der Waals surface area contributed by atoms with Crippen molar-refractivity contribution in [1.29, 1.82) is 0 Å². The lowest BCUT2D eigenvalue weighted by molar-refractivity contribution is -0.405. The van der Waals surface area contributed by atoms with Gasteiger partial charge in [-0.2, -0.15) is 0 Å². The van der Waals surface area contributed by atoms with Crippen LogP contribution in [0.25, 0.3) is 0 Å². The maximum absolute atomic E-state index is 10.7. The first kappa shape index (κ1) is 28.9. The highest BCUT2D eigenvalue weighted by atomic mass is 16.8. The second kappa shape index (κ2) is 11.4. The molecule has 206 valence electrons. The predicted octanol–water partition coefficient (Wildman–Crippen LogP) is -7.18. The fourth-order valence-corrected chi connectivity index (χ4v) is 4.37. The summed E-state index contributed by atoms with van der Waals surface area (Å²) in [6, 6.07) is 0. The Labute approximate surface area is 199 Å². The fraction of sp³-hybridized carbons (Fsp3) is 1.00. The molecule has 3 aliphatic rings. The van der Waals surface area contributed by atoms with E-state index in [0.717, 1.165) is 6.92 Å². The average molecular weight is 518 g/mol. The maximum atomic E-state index is 10.7. The summed E-state index contributed by atoms with van der Waals surface area (Å²) < 4.78 is 26.9. The molecule has 0 spiro atoms. The summed E-state index contributed by atoms with van der Waals surface area (Å²) in [7, 11) is 0. The molecule has 3 rings (SSSR count). The van der Waals surface area contributed by atoms with Gasteiger partial charge in [0.15, 0.2) is 18.4 Å². The van der Waals surface area contributed by atoms with Crippen LogP contribution >= 0.6 is 0 Å². The molecule has 15 atom stereocenters. The number of aliphatic hydroxyl groups excluding tert-OH is 11. The standard InChI is InChI=1S/C19H34O16/c1-19(16(29)11(26)8(23)5(2-20)34-19)35-15-7(4-22)32-18(13(28)10(15)25)33-14-6(3-21)31-17(30)12(27)9(14)24/h5-18,20-30H,2-4H2,1H3/t5-,6-,7-,8-,9-,10-,11+,12-,13-,14-,15-,16-,17+,18?,19?/m1/s1.